The van der Waals surface area contributed by atoms with Crippen LogP contribution < -0.4 is 10.2 Å². The van der Waals surface area contributed by atoms with Gasteiger partial charge in [0.1, 0.15) is 11.6 Å². The first kappa shape index (κ1) is 16.7. The van der Waals surface area contributed by atoms with Crippen LogP contribution in [-0.2, 0) is 11.8 Å². The van der Waals surface area contributed by atoms with Gasteiger partial charge in [-0.15, -0.1) is 0 Å². The van der Waals surface area contributed by atoms with Crippen LogP contribution in [0.2, 0.25) is 0 Å². The Labute approximate surface area is 167 Å². The van der Waals surface area contributed by atoms with Crippen LogP contribution in [0.5, 0.6) is 0 Å². The number of aromatic nitrogens is 2. The molecule has 0 unspecified atom stereocenters. The Morgan fingerprint density at radius 1 is 1.21 bits per heavy atom. The fraction of sp³-hybridized carbons (Fsp3) is 0.261. The van der Waals surface area contributed by atoms with E-state index in [2.05, 4.69) is 15.3 Å². The summed E-state index contributed by atoms with van der Waals surface area (Å²) in [6.45, 7) is 1.44. The summed E-state index contributed by atoms with van der Waals surface area (Å²) < 4.78 is 15.5. The standard InChI is InChI=1S/C23H19FN4O/c24-20-16(15-10-18-21(26-11-15)27-13-23(18)6-7-23)2-1-3-17(20)22(29)28-9-5-14-4-8-25-12-19(14)28/h1-4,8,10-12H,5-7,9,13H2,(H,26,27). The highest BCUT2D eigenvalue weighted by molar-refractivity contribution is 6.08. The Morgan fingerprint density at radius 2 is 2.10 bits per heavy atom. The molecule has 6 heteroatoms. The predicted molar refractivity (Wildman–Crippen MR) is 109 cm³/mol. The molecule has 1 aromatic carbocycles. The summed E-state index contributed by atoms with van der Waals surface area (Å²) in [5.74, 6) is 0.0815. The first-order chi connectivity index (χ1) is 14.2. The van der Waals surface area contributed by atoms with E-state index in [0.29, 0.717) is 12.1 Å². The van der Waals surface area contributed by atoms with Crippen molar-refractivity contribution in [1.82, 2.24) is 9.97 Å². The van der Waals surface area contributed by atoms with Crippen molar-refractivity contribution in [2.24, 2.45) is 0 Å². The molecule has 4 heterocycles. The summed E-state index contributed by atoms with van der Waals surface area (Å²) >= 11 is 0. The van der Waals surface area contributed by atoms with Crippen LogP contribution in [0.25, 0.3) is 11.1 Å². The summed E-state index contributed by atoms with van der Waals surface area (Å²) in [5, 5.41) is 3.35. The van der Waals surface area contributed by atoms with E-state index in [4.69, 9.17) is 0 Å². The van der Waals surface area contributed by atoms with Crippen LogP contribution >= 0.6 is 0 Å². The number of carbonyl (C=O) groups is 1. The van der Waals surface area contributed by atoms with Gasteiger partial charge < -0.3 is 10.2 Å². The number of nitrogens with zero attached hydrogens (tertiary/aromatic N) is 3. The van der Waals surface area contributed by atoms with Gasteiger partial charge in [0.15, 0.2) is 0 Å². The highest BCUT2D eigenvalue weighted by Gasteiger charge is 2.49. The molecule has 1 saturated carbocycles. The molecular formula is C23H19FN4O. The molecule has 6 rings (SSSR count). The zero-order valence-electron chi connectivity index (χ0n) is 15.8. The van der Waals surface area contributed by atoms with Gasteiger partial charge >= 0.3 is 0 Å². The number of pyridine rings is 2. The lowest BCUT2D eigenvalue weighted by Gasteiger charge is -2.18. The summed E-state index contributed by atoms with van der Waals surface area (Å²) in [6.07, 6.45) is 8.12. The van der Waals surface area contributed by atoms with E-state index in [0.717, 1.165) is 48.4 Å². The van der Waals surface area contributed by atoms with E-state index in [9.17, 15) is 4.79 Å². The maximum absolute atomic E-state index is 15.5. The number of benzene rings is 1. The molecule has 29 heavy (non-hydrogen) atoms. The molecule has 2 aromatic heterocycles. The Morgan fingerprint density at radius 3 is 2.97 bits per heavy atom. The average Bonchev–Trinajstić information content (AvgIpc) is 3.27. The van der Waals surface area contributed by atoms with Gasteiger partial charge in [-0.1, -0.05) is 12.1 Å². The van der Waals surface area contributed by atoms with Gasteiger partial charge in [-0.25, -0.2) is 9.37 Å². The largest absolute Gasteiger partial charge is 0.369 e. The minimum atomic E-state index is -0.493. The minimum Gasteiger partial charge on any atom is -0.369 e. The summed E-state index contributed by atoms with van der Waals surface area (Å²) in [7, 11) is 0. The highest BCUT2D eigenvalue weighted by Crippen LogP contribution is 2.54. The second kappa shape index (κ2) is 5.86. The lowest BCUT2D eigenvalue weighted by Crippen LogP contribution is -2.29. The molecule has 1 amide bonds. The number of nitrogens with one attached hydrogen (secondary N) is 1. The van der Waals surface area contributed by atoms with Crippen molar-refractivity contribution in [3.63, 3.8) is 0 Å². The van der Waals surface area contributed by atoms with Crippen molar-refractivity contribution in [1.29, 1.82) is 0 Å². The molecule has 5 nitrogen and oxygen atoms in total. The Balaban J connectivity index is 1.39. The van der Waals surface area contributed by atoms with Gasteiger partial charge in [0.05, 0.1) is 17.4 Å². The predicted octanol–water partition coefficient (Wildman–Crippen LogP) is 3.94. The van der Waals surface area contributed by atoms with Gasteiger partial charge in [0, 0.05) is 47.6 Å². The Kier molecular flexibility index (Phi) is 3.37. The fourth-order valence-electron chi connectivity index (χ4n) is 4.60. The van der Waals surface area contributed by atoms with Gasteiger partial charge in [-0.2, -0.15) is 0 Å². The maximum atomic E-state index is 15.5. The third-order valence-electron chi connectivity index (χ3n) is 6.48. The summed E-state index contributed by atoms with van der Waals surface area (Å²) in [4.78, 5) is 23.4. The number of halogens is 1. The van der Waals surface area contributed by atoms with Crippen molar-refractivity contribution in [3.05, 3.63) is 71.4 Å². The van der Waals surface area contributed by atoms with E-state index in [1.165, 1.54) is 5.56 Å². The quantitative estimate of drug-likeness (QED) is 0.725. The van der Waals surface area contributed by atoms with Crippen LogP contribution in [0, 0.1) is 5.82 Å². The van der Waals surface area contributed by atoms with E-state index < -0.39 is 5.82 Å². The molecule has 0 atom stereocenters. The van der Waals surface area contributed by atoms with Gasteiger partial charge in [0.2, 0.25) is 0 Å². The van der Waals surface area contributed by atoms with E-state index >= 15 is 4.39 Å². The maximum Gasteiger partial charge on any atom is 0.261 e. The molecule has 0 saturated heterocycles. The molecule has 2 aliphatic heterocycles. The van der Waals surface area contributed by atoms with Crippen molar-refractivity contribution >= 4 is 17.4 Å². The molecule has 1 N–H and O–H groups in total. The molecule has 3 aromatic rings. The molecule has 1 aliphatic carbocycles. The Bertz CT molecular complexity index is 1170. The molecule has 144 valence electrons. The van der Waals surface area contributed by atoms with Gasteiger partial charge in [-0.05, 0) is 43.0 Å². The second-order valence-corrected chi connectivity index (χ2v) is 8.13. The van der Waals surface area contributed by atoms with Crippen LogP contribution in [0.4, 0.5) is 15.9 Å². The van der Waals surface area contributed by atoms with Gasteiger partial charge in [0.25, 0.3) is 5.91 Å². The van der Waals surface area contributed by atoms with Crippen LogP contribution in [0.15, 0.2) is 48.9 Å². The molecule has 3 aliphatic rings. The average molecular weight is 386 g/mol. The molecule has 0 bridgehead atoms. The minimum absolute atomic E-state index is 0.0824. The van der Waals surface area contributed by atoms with E-state index in [1.807, 2.05) is 12.1 Å². The number of rotatable bonds is 2. The van der Waals surface area contributed by atoms with Crippen LogP contribution in [0.1, 0.15) is 34.3 Å². The summed E-state index contributed by atoms with van der Waals surface area (Å²) in [5.41, 5.74) is 4.39. The second-order valence-electron chi connectivity index (χ2n) is 8.13. The fourth-order valence-corrected chi connectivity index (χ4v) is 4.60. The number of fused-ring (bicyclic) bond motifs is 3. The molecular weight excluding hydrogens is 367 g/mol. The lowest BCUT2D eigenvalue weighted by molar-refractivity contribution is 0.0985. The number of amides is 1. The molecule has 0 radical (unpaired) electrons. The monoisotopic (exact) mass is 386 g/mol. The third kappa shape index (κ3) is 2.41. The number of anilines is 2. The normalized spacial score (nSPS) is 17.8. The van der Waals surface area contributed by atoms with E-state index in [-0.39, 0.29) is 16.9 Å². The number of hydrogen-bond acceptors (Lipinski definition) is 4. The number of hydrogen-bond donors (Lipinski definition) is 1. The van der Waals surface area contributed by atoms with Crippen LogP contribution in [0.3, 0.4) is 0 Å². The van der Waals surface area contributed by atoms with Crippen molar-refractivity contribution in [2.45, 2.75) is 24.7 Å². The topological polar surface area (TPSA) is 58.1 Å². The van der Waals surface area contributed by atoms with Crippen molar-refractivity contribution in [3.8, 4) is 11.1 Å². The molecule has 1 spiro atoms. The zero-order chi connectivity index (χ0) is 19.6. The highest BCUT2D eigenvalue weighted by atomic mass is 19.1. The van der Waals surface area contributed by atoms with Crippen molar-refractivity contribution in [2.75, 3.05) is 23.3 Å². The first-order valence-corrected chi connectivity index (χ1v) is 9.94. The van der Waals surface area contributed by atoms with Gasteiger partial charge in [-0.3, -0.25) is 9.78 Å². The van der Waals surface area contributed by atoms with Crippen LogP contribution in [-0.4, -0.2) is 29.0 Å². The zero-order valence-corrected chi connectivity index (χ0v) is 15.8. The number of carbonyl (C=O) groups excluding carboxylic acids is 1. The molecule has 1 fully saturated rings. The van der Waals surface area contributed by atoms with E-state index in [1.54, 1.807) is 41.7 Å². The van der Waals surface area contributed by atoms with Crippen molar-refractivity contribution < 1.29 is 9.18 Å². The summed E-state index contributed by atoms with van der Waals surface area (Å²) in [6, 6.07) is 8.96. The smallest absolute Gasteiger partial charge is 0.261 e. The Hall–Kier alpha value is -3.28. The third-order valence-corrected chi connectivity index (χ3v) is 6.48. The first-order valence-electron chi connectivity index (χ1n) is 9.94. The lowest BCUT2D eigenvalue weighted by atomic mass is 9.96. The SMILES string of the molecule is O=C(c1cccc(-c2cnc3c(c2)C2(CC2)CN3)c1F)N1CCc2ccncc21.